The van der Waals surface area contributed by atoms with E-state index < -0.39 is 0 Å². The average molecular weight is 314 g/mol. The highest BCUT2D eigenvalue weighted by atomic mass is 35.5. The Morgan fingerprint density at radius 2 is 2.15 bits per heavy atom. The molecule has 5 nitrogen and oxygen atoms in total. The van der Waals surface area contributed by atoms with Gasteiger partial charge in [-0.25, -0.2) is 4.68 Å². The number of hydrogen-bond donors (Lipinski definition) is 1. The van der Waals surface area contributed by atoms with Crippen molar-refractivity contribution in [1.29, 1.82) is 0 Å². The topological polar surface area (TPSA) is 55.6 Å². The molecule has 20 heavy (non-hydrogen) atoms. The Hall–Kier alpha value is -0.980. The fourth-order valence-electron chi connectivity index (χ4n) is 1.89. The fraction of sp³-hybridized carbons (Fsp3) is 0.615. The lowest BCUT2D eigenvalue weighted by molar-refractivity contribution is 0.453. The SMILES string of the molecule is CC(C)CNC(C)c1nnnn1CCc1ccc(Cl)s1. The second-order valence-electron chi connectivity index (χ2n) is 5.24. The Labute approximate surface area is 128 Å². The maximum atomic E-state index is 5.94. The molecule has 0 saturated carbocycles. The Morgan fingerprint density at radius 3 is 2.80 bits per heavy atom. The molecule has 7 heteroatoms. The number of aromatic nitrogens is 4. The third kappa shape index (κ3) is 4.26. The van der Waals surface area contributed by atoms with E-state index in [9.17, 15) is 0 Å². The third-order valence-corrected chi connectivity index (χ3v) is 4.27. The van der Waals surface area contributed by atoms with Crippen LogP contribution in [0.5, 0.6) is 0 Å². The summed E-state index contributed by atoms with van der Waals surface area (Å²) in [5, 5.41) is 15.4. The van der Waals surface area contributed by atoms with Crippen molar-refractivity contribution in [1.82, 2.24) is 25.5 Å². The molecule has 0 aromatic carbocycles. The fourth-order valence-corrected chi connectivity index (χ4v) is 2.96. The van der Waals surface area contributed by atoms with Crippen LogP contribution in [0.3, 0.4) is 0 Å². The van der Waals surface area contributed by atoms with Crippen LogP contribution >= 0.6 is 22.9 Å². The first kappa shape index (κ1) is 15.4. The van der Waals surface area contributed by atoms with E-state index in [2.05, 4.69) is 47.7 Å². The highest BCUT2D eigenvalue weighted by molar-refractivity contribution is 7.16. The molecule has 0 fully saturated rings. The van der Waals surface area contributed by atoms with Crippen LogP contribution in [0.2, 0.25) is 4.34 Å². The quantitative estimate of drug-likeness (QED) is 0.854. The van der Waals surface area contributed by atoms with Crippen LogP contribution in [0.1, 0.15) is 37.5 Å². The average Bonchev–Trinajstić information content (AvgIpc) is 3.02. The maximum Gasteiger partial charge on any atom is 0.167 e. The number of rotatable bonds is 7. The van der Waals surface area contributed by atoms with E-state index in [1.54, 1.807) is 11.3 Å². The van der Waals surface area contributed by atoms with Crippen LogP contribution < -0.4 is 5.32 Å². The normalized spacial score (nSPS) is 13.1. The number of halogens is 1. The zero-order chi connectivity index (χ0) is 14.5. The van der Waals surface area contributed by atoms with Crippen LogP contribution in [0, 0.1) is 5.92 Å². The summed E-state index contributed by atoms with van der Waals surface area (Å²) in [6.07, 6.45) is 0.895. The summed E-state index contributed by atoms with van der Waals surface area (Å²) in [5.41, 5.74) is 0. The van der Waals surface area contributed by atoms with Crippen molar-refractivity contribution < 1.29 is 0 Å². The van der Waals surface area contributed by atoms with Gasteiger partial charge in [-0.1, -0.05) is 25.4 Å². The van der Waals surface area contributed by atoms with E-state index in [0.717, 1.165) is 29.7 Å². The van der Waals surface area contributed by atoms with Crippen molar-refractivity contribution in [2.45, 2.75) is 39.8 Å². The van der Waals surface area contributed by atoms with Crippen molar-refractivity contribution in [2.75, 3.05) is 6.54 Å². The molecule has 2 rings (SSSR count). The molecule has 2 heterocycles. The highest BCUT2D eigenvalue weighted by Gasteiger charge is 2.14. The minimum atomic E-state index is 0.152. The number of aryl methyl sites for hydroxylation is 2. The summed E-state index contributed by atoms with van der Waals surface area (Å²) in [5.74, 6) is 1.49. The van der Waals surface area contributed by atoms with Gasteiger partial charge in [-0.2, -0.15) is 0 Å². The molecular weight excluding hydrogens is 294 g/mol. The van der Waals surface area contributed by atoms with E-state index >= 15 is 0 Å². The predicted octanol–water partition coefficient (Wildman–Crippen LogP) is 2.94. The summed E-state index contributed by atoms with van der Waals surface area (Å²) in [6, 6.07) is 4.13. The summed E-state index contributed by atoms with van der Waals surface area (Å²) in [7, 11) is 0. The maximum absolute atomic E-state index is 5.94. The van der Waals surface area contributed by atoms with Crippen molar-refractivity contribution >= 4 is 22.9 Å². The molecule has 1 unspecified atom stereocenters. The van der Waals surface area contributed by atoms with E-state index in [-0.39, 0.29) is 6.04 Å². The molecule has 0 amide bonds. The standard InChI is InChI=1S/C13H20ClN5S/c1-9(2)8-15-10(3)13-16-17-18-19(13)7-6-11-4-5-12(14)20-11/h4-5,9-10,15H,6-8H2,1-3H3. The number of hydrogen-bond acceptors (Lipinski definition) is 5. The van der Waals surface area contributed by atoms with Crippen LogP contribution in [0.25, 0.3) is 0 Å². The van der Waals surface area contributed by atoms with Crippen molar-refractivity contribution in [3.05, 3.63) is 27.2 Å². The van der Waals surface area contributed by atoms with E-state index in [1.807, 2.05) is 10.7 Å². The van der Waals surface area contributed by atoms with Gasteiger partial charge in [-0.15, -0.1) is 16.4 Å². The van der Waals surface area contributed by atoms with Gasteiger partial charge >= 0.3 is 0 Å². The Morgan fingerprint density at radius 1 is 1.35 bits per heavy atom. The molecule has 0 radical (unpaired) electrons. The number of thiophene rings is 1. The minimum absolute atomic E-state index is 0.152. The lowest BCUT2D eigenvalue weighted by atomic mass is 10.2. The van der Waals surface area contributed by atoms with Crippen molar-refractivity contribution in [3.8, 4) is 0 Å². The smallest absolute Gasteiger partial charge is 0.167 e. The molecule has 0 aliphatic heterocycles. The highest BCUT2D eigenvalue weighted by Crippen LogP contribution is 2.22. The Balaban J connectivity index is 1.94. The molecular formula is C13H20ClN5S. The van der Waals surface area contributed by atoms with E-state index in [0.29, 0.717) is 5.92 Å². The lowest BCUT2D eigenvalue weighted by Crippen LogP contribution is -2.26. The second-order valence-corrected chi connectivity index (χ2v) is 7.04. The van der Waals surface area contributed by atoms with Crippen LogP contribution in [0.4, 0.5) is 0 Å². The first-order valence-electron chi connectivity index (χ1n) is 6.80. The van der Waals surface area contributed by atoms with Gasteiger partial charge in [0.2, 0.25) is 0 Å². The van der Waals surface area contributed by atoms with Gasteiger partial charge in [-0.3, -0.25) is 0 Å². The number of nitrogens with one attached hydrogen (secondary N) is 1. The van der Waals surface area contributed by atoms with Gasteiger partial charge in [-0.05, 0) is 41.9 Å². The predicted molar refractivity (Wildman–Crippen MR) is 82.1 cm³/mol. The summed E-state index contributed by atoms with van der Waals surface area (Å²) < 4.78 is 2.69. The summed E-state index contributed by atoms with van der Waals surface area (Å²) in [6.45, 7) is 8.18. The Kier molecular flexibility index (Phi) is 5.51. The monoisotopic (exact) mass is 313 g/mol. The molecule has 1 atom stereocenters. The largest absolute Gasteiger partial charge is 0.307 e. The molecule has 0 saturated heterocycles. The van der Waals surface area contributed by atoms with Crippen LogP contribution in [-0.4, -0.2) is 26.8 Å². The summed E-state index contributed by atoms with van der Waals surface area (Å²) >= 11 is 7.54. The second kappa shape index (κ2) is 7.15. The van der Waals surface area contributed by atoms with Gasteiger partial charge in [0.25, 0.3) is 0 Å². The van der Waals surface area contributed by atoms with Crippen molar-refractivity contribution in [3.63, 3.8) is 0 Å². The zero-order valence-electron chi connectivity index (χ0n) is 12.0. The van der Waals surface area contributed by atoms with Crippen LogP contribution in [-0.2, 0) is 13.0 Å². The molecule has 2 aromatic rings. The van der Waals surface area contributed by atoms with E-state index in [1.165, 1.54) is 4.88 Å². The number of nitrogens with zero attached hydrogens (tertiary/aromatic N) is 4. The molecule has 0 aliphatic carbocycles. The van der Waals surface area contributed by atoms with Gasteiger partial charge in [0.1, 0.15) is 0 Å². The molecule has 110 valence electrons. The molecule has 0 aliphatic rings. The third-order valence-electron chi connectivity index (χ3n) is 2.98. The van der Waals surface area contributed by atoms with Gasteiger partial charge in [0.15, 0.2) is 5.82 Å². The first-order valence-corrected chi connectivity index (χ1v) is 7.99. The molecule has 2 aromatic heterocycles. The van der Waals surface area contributed by atoms with Gasteiger partial charge < -0.3 is 5.32 Å². The van der Waals surface area contributed by atoms with Gasteiger partial charge in [0.05, 0.1) is 10.4 Å². The summed E-state index contributed by atoms with van der Waals surface area (Å²) in [4.78, 5) is 1.25. The Bertz CT molecular complexity index is 536. The van der Waals surface area contributed by atoms with E-state index in [4.69, 9.17) is 11.6 Å². The number of tetrazole rings is 1. The van der Waals surface area contributed by atoms with Crippen LogP contribution in [0.15, 0.2) is 12.1 Å². The molecule has 0 spiro atoms. The molecule has 0 bridgehead atoms. The first-order chi connectivity index (χ1) is 9.56. The lowest BCUT2D eigenvalue weighted by Gasteiger charge is -2.14. The van der Waals surface area contributed by atoms with Crippen molar-refractivity contribution in [2.24, 2.45) is 5.92 Å². The zero-order valence-corrected chi connectivity index (χ0v) is 13.6. The van der Waals surface area contributed by atoms with Gasteiger partial charge in [0, 0.05) is 17.8 Å². The molecule has 1 N–H and O–H groups in total. The minimum Gasteiger partial charge on any atom is -0.307 e.